The summed E-state index contributed by atoms with van der Waals surface area (Å²) in [5.41, 5.74) is 0.991. The van der Waals surface area contributed by atoms with E-state index in [1.807, 2.05) is 0 Å². The molecule has 0 amide bonds. The minimum Gasteiger partial charge on any atom is -0.366 e. The highest BCUT2D eigenvalue weighted by molar-refractivity contribution is 7.93. The van der Waals surface area contributed by atoms with Crippen LogP contribution >= 0.6 is 11.3 Å². The van der Waals surface area contributed by atoms with E-state index in [-0.39, 0.29) is 4.90 Å². The fourth-order valence-electron chi connectivity index (χ4n) is 1.82. The second-order valence-corrected chi connectivity index (χ2v) is 6.73. The van der Waals surface area contributed by atoms with Crippen LogP contribution in [0.5, 0.6) is 0 Å². The molecule has 1 aliphatic rings. The van der Waals surface area contributed by atoms with E-state index in [1.54, 1.807) is 6.20 Å². The van der Waals surface area contributed by atoms with Gasteiger partial charge in [-0.15, -0.1) is 0 Å². The maximum Gasteiger partial charge on any atom is 0.265 e. The Labute approximate surface area is 109 Å². The largest absolute Gasteiger partial charge is 0.366 e. The van der Waals surface area contributed by atoms with Gasteiger partial charge in [0.25, 0.3) is 10.0 Å². The molecule has 0 saturated carbocycles. The van der Waals surface area contributed by atoms with Crippen LogP contribution in [0.1, 0.15) is 10.6 Å². The van der Waals surface area contributed by atoms with Crippen LogP contribution in [0.4, 0.5) is 5.13 Å². The van der Waals surface area contributed by atoms with E-state index in [0.29, 0.717) is 5.13 Å². The van der Waals surface area contributed by atoms with Gasteiger partial charge in [-0.1, -0.05) is 11.3 Å². The maximum atomic E-state index is 12.0. The van der Waals surface area contributed by atoms with Crippen LogP contribution in [0.25, 0.3) is 0 Å². The van der Waals surface area contributed by atoms with E-state index < -0.39 is 10.0 Å². The summed E-state index contributed by atoms with van der Waals surface area (Å²) in [6.07, 6.45) is 3.86. The molecule has 3 rings (SSSR count). The van der Waals surface area contributed by atoms with Crippen LogP contribution in [0.3, 0.4) is 0 Å². The monoisotopic (exact) mass is 284 g/mol. The Morgan fingerprint density at radius 2 is 2.33 bits per heavy atom. The molecular weight excluding hydrogens is 272 g/mol. The number of aromatic amines is 1. The Morgan fingerprint density at radius 3 is 3.06 bits per heavy atom. The molecule has 0 unspecified atom stereocenters. The molecule has 8 heteroatoms. The van der Waals surface area contributed by atoms with Crippen molar-refractivity contribution in [2.75, 3.05) is 11.3 Å². The molecule has 0 spiro atoms. The molecule has 2 aromatic rings. The molecule has 0 saturated heterocycles. The second-order valence-electron chi connectivity index (χ2n) is 3.97. The predicted octanol–water partition coefficient (Wildman–Crippen LogP) is 0.918. The number of H-pyrrole nitrogens is 1. The van der Waals surface area contributed by atoms with Gasteiger partial charge in [-0.3, -0.25) is 4.72 Å². The van der Waals surface area contributed by atoms with E-state index in [0.717, 1.165) is 30.1 Å². The smallest absolute Gasteiger partial charge is 0.265 e. The van der Waals surface area contributed by atoms with E-state index >= 15 is 0 Å². The fraction of sp³-hybridized carbons (Fsp3) is 0.300. The second kappa shape index (κ2) is 4.38. The number of nitrogens with zero attached hydrogens (tertiary/aromatic N) is 1. The number of sulfonamides is 1. The lowest BCUT2D eigenvalue weighted by Gasteiger charge is -2.09. The van der Waals surface area contributed by atoms with E-state index in [2.05, 4.69) is 20.0 Å². The van der Waals surface area contributed by atoms with Crippen LogP contribution in [-0.4, -0.2) is 24.9 Å². The van der Waals surface area contributed by atoms with Crippen molar-refractivity contribution in [1.82, 2.24) is 15.3 Å². The average molecular weight is 284 g/mol. The Morgan fingerprint density at radius 1 is 1.44 bits per heavy atom. The zero-order valence-electron chi connectivity index (χ0n) is 9.43. The van der Waals surface area contributed by atoms with Crippen molar-refractivity contribution in [2.24, 2.45) is 0 Å². The topological polar surface area (TPSA) is 86.9 Å². The van der Waals surface area contributed by atoms with Gasteiger partial charge in [-0.05, 0) is 6.07 Å². The van der Waals surface area contributed by atoms with Gasteiger partial charge >= 0.3 is 0 Å². The van der Waals surface area contributed by atoms with Gasteiger partial charge < -0.3 is 10.3 Å². The van der Waals surface area contributed by atoms with Gasteiger partial charge in [0.2, 0.25) is 0 Å². The summed E-state index contributed by atoms with van der Waals surface area (Å²) in [5.74, 6) is 0. The standard InChI is InChI=1S/C10H12N4O2S2/c15-18(16,7-1-3-11-5-7)14-10-13-8-2-4-12-6-9(8)17-10/h1,3,5,11-12H,2,4,6H2,(H,13,14). The number of hydrogen-bond donors (Lipinski definition) is 3. The number of nitrogens with one attached hydrogen (secondary N) is 3. The molecule has 1 aliphatic heterocycles. The van der Waals surface area contributed by atoms with E-state index in [1.165, 1.54) is 23.6 Å². The first kappa shape index (κ1) is 11.7. The number of aromatic nitrogens is 2. The summed E-state index contributed by atoms with van der Waals surface area (Å²) < 4.78 is 26.5. The zero-order chi connectivity index (χ0) is 12.6. The molecule has 0 aliphatic carbocycles. The predicted molar refractivity (Wildman–Crippen MR) is 69.1 cm³/mol. The third-order valence-electron chi connectivity index (χ3n) is 2.70. The van der Waals surface area contributed by atoms with Crippen LogP contribution in [0, 0.1) is 0 Å². The van der Waals surface area contributed by atoms with Crippen molar-refractivity contribution >= 4 is 26.5 Å². The number of hydrogen-bond acceptors (Lipinski definition) is 5. The van der Waals surface area contributed by atoms with Crippen molar-refractivity contribution in [1.29, 1.82) is 0 Å². The Bertz CT molecular complexity index is 622. The summed E-state index contributed by atoms with van der Waals surface area (Å²) in [4.78, 5) is 8.37. The number of fused-ring (bicyclic) bond motifs is 1. The molecule has 0 bridgehead atoms. The lowest BCUT2D eigenvalue weighted by atomic mass is 10.2. The molecule has 18 heavy (non-hydrogen) atoms. The van der Waals surface area contributed by atoms with Gasteiger partial charge in [0, 0.05) is 36.8 Å². The molecule has 0 atom stereocenters. The minimum atomic E-state index is -3.52. The zero-order valence-corrected chi connectivity index (χ0v) is 11.1. The van der Waals surface area contributed by atoms with E-state index in [4.69, 9.17) is 0 Å². The highest BCUT2D eigenvalue weighted by Gasteiger charge is 2.20. The maximum absolute atomic E-state index is 12.0. The van der Waals surface area contributed by atoms with Gasteiger partial charge in [-0.25, -0.2) is 13.4 Å². The van der Waals surface area contributed by atoms with Crippen LogP contribution in [0.15, 0.2) is 23.4 Å². The van der Waals surface area contributed by atoms with Gasteiger partial charge in [0.1, 0.15) is 4.90 Å². The third-order valence-corrected chi connectivity index (χ3v) is 5.18. The normalized spacial score (nSPS) is 15.3. The molecule has 96 valence electrons. The quantitative estimate of drug-likeness (QED) is 0.782. The van der Waals surface area contributed by atoms with E-state index in [9.17, 15) is 8.42 Å². The average Bonchev–Trinajstić information content (AvgIpc) is 2.96. The summed E-state index contributed by atoms with van der Waals surface area (Å²) in [6, 6.07) is 1.51. The minimum absolute atomic E-state index is 0.216. The first-order valence-corrected chi connectivity index (χ1v) is 7.80. The Balaban J connectivity index is 1.87. The number of rotatable bonds is 3. The van der Waals surface area contributed by atoms with Crippen LogP contribution in [-0.2, 0) is 23.0 Å². The molecule has 0 aromatic carbocycles. The molecular formula is C10H12N4O2S2. The van der Waals surface area contributed by atoms with Gasteiger partial charge in [0.15, 0.2) is 5.13 Å². The van der Waals surface area contributed by atoms with Crippen molar-refractivity contribution in [3.63, 3.8) is 0 Å². The SMILES string of the molecule is O=S(=O)(Nc1nc2c(s1)CNCC2)c1cc[nH]c1. The first-order valence-electron chi connectivity index (χ1n) is 5.50. The Kier molecular flexibility index (Phi) is 2.84. The van der Waals surface area contributed by atoms with Crippen molar-refractivity contribution < 1.29 is 8.42 Å². The molecule has 0 fully saturated rings. The van der Waals surface area contributed by atoms with Gasteiger partial charge in [-0.2, -0.15) is 0 Å². The number of anilines is 1. The molecule has 0 radical (unpaired) electrons. The molecule has 6 nitrogen and oxygen atoms in total. The van der Waals surface area contributed by atoms with Crippen molar-refractivity contribution in [3.8, 4) is 0 Å². The summed E-state index contributed by atoms with van der Waals surface area (Å²) in [6.45, 7) is 1.65. The molecule has 3 heterocycles. The summed E-state index contributed by atoms with van der Waals surface area (Å²) in [5, 5.41) is 3.67. The lowest BCUT2D eigenvalue weighted by Crippen LogP contribution is -2.22. The van der Waals surface area contributed by atoms with Crippen LogP contribution in [0.2, 0.25) is 0 Å². The molecule has 3 N–H and O–H groups in total. The first-order chi connectivity index (χ1) is 8.65. The van der Waals surface area contributed by atoms with Gasteiger partial charge in [0.05, 0.1) is 5.69 Å². The molecule has 2 aromatic heterocycles. The van der Waals surface area contributed by atoms with Crippen molar-refractivity contribution in [3.05, 3.63) is 29.0 Å². The number of thiazole rings is 1. The third kappa shape index (κ3) is 2.14. The summed E-state index contributed by atoms with van der Waals surface area (Å²) in [7, 11) is -3.52. The van der Waals surface area contributed by atoms with Crippen LogP contribution < -0.4 is 10.0 Å². The summed E-state index contributed by atoms with van der Waals surface area (Å²) >= 11 is 1.39. The highest BCUT2D eigenvalue weighted by Crippen LogP contribution is 2.27. The fourth-order valence-corrected chi connectivity index (χ4v) is 4.01. The van der Waals surface area contributed by atoms with Crippen molar-refractivity contribution in [2.45, 2.75) is 17.9 Å². The highest BCUT2D eigenvalue weighted by atomic mass is 32.2. The lowest BCUT2D eigenvalue weighted by molar-refractivity contribution is 0.601. The Hall–Kier alpha value is -1.38.